The van der Waals surface area contributed by atoms with Gasteiger partial charge in [-0.2, -0.15) is 0 Å². The molecule has 206 valence electrons. The Balaban J connectivity index is 1.35. The summed E-state index contributed by atoms with van der Waals surface area (Å²) >= 11 is 0. The molecule has 1 aliphatic carbocycles. The Kier molecular flexibility index (Phi) is 4.86. The van der Waals surface area contributed by atoms with Gasteiger partial charge in [-0.15, -0.1) is 0 Å². The van der Waals surface area contributed by atoms with Crippen molar-refractivity contribution in [2.45, 2.75) is 12.8 Å². The highest BCUT2D eigenvalue weighted by Gasteiger charge is 2.22. The van der Waals surface area contributed by atoms with E-state index in [4.69, 9.17) is 8.83 Å². The third-order valence-electron chi connectivity index (χ3n) is 9.53. The fourth-order valence-electron chi connectivity index (χ4n) is 7.69. The second-order valence-electron chi connectivity index (χ2n) is 11.9. The maximum absolute atomic E-state index is 6.33. The monoisotopic (exact) mass is 562 g/mol. The van der Waals surface area contributed by atoms with Gasteiger partial charge in [-0.3, -0.25) is 0 Å². The average molecular weight is 563 g/mol. The van der Waals surface area contributed by atoms with E-state index in [0.717, 1.165) is 45.9 Å². The molecule has 0 saturated heterocycles. The molecule has 10 rings (SSSR count). The van der Waals surface area contributed by atoms with Crippen molar-refractivity contribution in [3.05, 3.63) is 139 Å². The summed E-state index contributed by atoms with van der Waals surface area (Å²) in [6, 6.07) is 43.4. The number of para-hydroxylation sites is 2. The second-order valence-corrected chi connectivity index (χ2v) is 11.9. The van der Waals surface area contributed by atoms with E-state index in [-0.39, 0.29) is 0 Å². The van der Waals surface area contributed by atoms with Crippen LogP contribution in [0, 0.1) is 0 Å². The summed E-state index contributed by atoms with van der Waals surface area (Å²) in [7, 11) is 0. The molecule has 0 unspecified atom stereocenters. The van der Waals surface area contributed by atoms with Crippen molar-refractivity contribution in [3.8, 4) is 22.3 Å². The SMILES string of the molecule is C1=Cc2c(c(-c3cccc4oc5ccccc5c34)cc3cc(-c4cccc5oc6ccccc6c45)c4ccccc4c23)CC1. The molecule has 2 aromatic heterocycles. The smallest absolute Gasteiger partial charge is 0.136 e. The molecule has 0 radical (unpaired) electrons. The predicted octanol–water partition coefficient (Wildman–Crippen LogP) is 12.1. The van der Waals surface area contributed by atoms with Crippen LogP contribution in [0.15, 0.2) is 136 Å². The van der Waals surface area contributed by atoms with E-state index in [1.54, 1.807) is 0 Å². The summed E-state index contributed by atoms with van der Waals surface area (Å²) in [5, 5.41) is 9.78. The lowest BCUT2D eigenvalue weighted by Crippen LogP contribution is -2.00. The summed E-state index contributed by atoms with van der Waals surface area (Å²) in [6.45, 7) is 0. The fraction of sp³-hybridized carbons (Fsp3) is 0.0476. The highest BCUT2D eigenvalue weighted by atomic mass is 16.3. The fourth-order valence-corrected chi connectivity index (χ4v) is 7.69. The minimum atomic E-state index is 0.917. The van der Waals surface area contributed by atoms with Crippen LogP contribution in [-0.2, 0) is 6.42 Å². The van der Waals surface area contributed by atoms with E-state index in [9.17, 15) is 0 Å². The van der Waals surface area contributed by atoms with Crippen LogP contribution < -0.4 is 0 Å². The van der Waals surface area contributed by atoms with Gasteiger partial charge >= 0.3 is 0 Å². The predicted molar refractivity (Wildman–Crippen MR) is 184 cm³/mol. The summed E-state index contributed by atoms with van der Waals surface area (Å²) in [4.78, 5) is 0. The van der Waals surface area contributed by atoms with Gasteiger partial charge in [0.15, 0.2) is 0 Å². The Bertz CT molecular complexity index is 2660. The quantitative estimate of drug-likeness (QED) is 0.196. The summed E-state index contributed by atoms with van der Waals surface area (Å²) in [5.41, 5.74) is 11.4. The lowest BCUT2D eigenvalue weighted by Gasteiger charge is -2.22. The molecule has 0 spiro atoms. The zero-order valence-electron chi connectivity index (χ0n) is 23.9. The number of rotatable bonds is 2. The van der Waals surface area contributed by atoms with E-state index < -0.39 is 0 Å². The molecule has 2 nitrogen and oxygen atoms in total. The number of benzene rings is 7. The number of hydrogen-bond acceptors (Lipinski definition) is 2. The first-order valence-electron chi connectivity index (χ1n) is 15.3. The molecule has 0 aliphatic heterocycles. The van der Waals surface area contributed by atoms with Gasteiger partial charge in [0.25, 0.3) is 0 Å². The zero-order chi connectivity index (χ0) is 28.8. The molecule has 0 fully saturated rings. The lowest BCUT2D eigenvalue weighted by molar-refractivity contribution is 0.668. The molecule has 9 aromatic rings. The van der Waals surface area contributed by atoms with E-state index in [1.807, 2.05) is 12.1 Å². The van der Waals surface area contributed by atoms with Crippen LogP contribution >= 0.6 is 0 Å². The number of hydrogen-bond donors (Lipinski definition) is 0. The van der Waals surface area contributed by atoms with Crippen LogP contribution in [0.1, 0.15) is 17.5 Å². The molecule has 1 aliphatic rings. The standard InChI is InChI=1S/C42H26O2/c1-3-13-28-26(11-1)34(30-17-9-21-38-41(30)32-15-5-7-19-36(32)43-38)23-25-24-35(27-12-2-4-14-29(27)40(25)28)31-18-10-22-39-42(31)33-16-6-8-20-37(33)44-39/h1,3-11,13-24H,2,12H2. The molecule has 0 amide bonds. The van der Waals surface area contributed by atoms with E-state index in [1.165, 1.54) is 65.7 Å². The molecule has 2 heteroatoms. The summed E-state index contributed by atoms with van der Waals surface area (Å²) in [5.74, 6) is 0. The highest BCUT2D eigenvalue weighted by Crippen LogP contribution is 2.47. The first-order valence-corrected chi connectivity index (χ1v) is 15.3. The second kappa shape index (κ2) is 8.95. The molecular weight excluding hydrogens is 536 g/mol. The number of fused-ring (bicyclic) bond motifs is 11. The van der Waals surface area contributed by atoms with Crippen LogP contribution in [-0.4, -0.2) is 0 Å². The van der Waals surface area contributed by atoms with Crippen molar-refractivity contribution < 1.29 is 8.83 Å². The average Bonchev–Trinajstić information content (AvgIpc) is 3.66. The number of allylic oxidation sites excluding steroid dienone is 1. The van der Waals surface area contributed by atoms with Crippen molar-refractivity contribution in [2.24, 2.45) is 0 Å². The Labute approximate surface area is 253 Å². The van der Waals surface area contributed by atoms with Gasteiger partial charge in [0.2, 0.25) is 0 Å². The van der Waals surface area contributed by atoms with Crippen LogP contribution in [0.3, 0.4) is 0 Å². The van der Waals surface area contributed by atoms with Crippen molar-refractivity contribution >= 4 is 71.5 Å². The highest BCUT2D eigenvalue weighted by molar-refractivity contribution is 6.22. The van der Waals surface area contributed by atoms with Crippen molar-refractivity contribution in [2.75, 3.05) is 0 Å². The Morgan fingerprint density at radius 1 is 0.432 bits per heavy atom. The van der Waals surface area contributed by atoms with Crippen LogP contribution in [0.4, 0.5) is 0 Å². The Morgan fingerprint density at radius 2 is 0.977 bits per heavy atom. The normalized spacial score (nSPS) is 13.2. The van der Waals surface area contributed by atoms with Gasteiger partial charge in [-0.1, -0.05) is 97.1 Å². The van der Waals surface area contributed by atoms with Crippen LogP contribution in [0.2, 0.25) is 0 Å². The van der Waals surface area contributed by atoms with Crippen molar-refractivity contribution in [3.63, 3.8) is 0 Å². The first kappa shape index (κ1) is 23.9. The van der Waals surface area contributed by atoms with E-state index in [0.29, 0.717) is 0 Å². The van der Waals surface area contributed by atoms with E-state index >= 15 is 0 Å². The third kappa shape index (κ3) is 3.25. The lowest BCUT2D eigenvalue weighted by atomic mass is 9.81. The third-order valence-corrected chi connectivity index (χ3v) is 9.53. The molecule has 2 heterocycles. The number of furan rings is 2. The summed E-state index contributed by atoms with van der Waals surface area (Å²) in [6.07, 6.45) is 6.74. The minimum absolute atomic E-state index is 0.917. The maximum atomic E-state index is 6.33. The van der Waals surface area contributed by atoms with Gasteiger partial charge in [-0.05, 0) is 104 Å². The minimum Gasteiger partial charge on any atom is -0.456 e. The topological polar surface area (TPSA) is 26.3 Å². The van der Waals surface area contributed by atoms with Gasteiger partial charge in [0.05, 0.1) is 0 Å². The van der Waals surface area contributed by atoms with Crippen molar-refractivity contribution in [1.82, 2.24) is 0 Å². The van der Waals surface area contributed by atoms with Gasteiger partial charge in [0.1, 0.15) is 22.3 Å². The molecule has 0 bridgehead atoms. The maximum Gasteiger partial charge on any atom is 0.136 e. The Hall–Kier alpha value is -5.60. The molecule has 0 saturated carbocycles. The largest absolute Gasteiger partial charge is 0.456 e. The summed E-state index contributed by atoms with van der Waals surface area (Å²) < 4.78 is 12.6. The first-order chi connectivity index (χ1) is 21.8. The molecule has 44 heavy (non-hydrogen) atoms. The van der Waals surface area contributed by atoms with E-state index in [2.05, 4.69) is 121 Å². The molecule has 0 N–H and O–H groups in total. The van der Waals surface area contributed by atoms with Gasteiger partial charge in [0, 0.05) is 21.5 Å². The van der Waals surface area contributed by atoms with Crippen molar-refractivity contribution in [1.29, 1.82) is 0 Å². The molecular formula is C42H26O2. The van der Waals surface area contributed by atoms with Crippen LogP contribution in [0.5, 0.6) is 0 Å². The van der Waals surface area contributed by atoms with Gasteiger partial charge < -0.3 is 8.83 Å². The molecule has 0 atom stereocenters. The van der Waals surface area contributed by atoms with Gasteiger partial charge in [-0.25, -0.2) is 0 Å². The molecule has 7 aromatic carbocycles. The van der Waals surface area contributed by atoms with Crippen LogP contribution in [0.25, 0.3) is 93.8 Å². The zero-order valence-corrected chi connectivity index (χ0v) is 23.9. The Morgan fingerprint density at radius 3 is 1.66 bits per heavy atom.